The number of aryl methyl sites for hydroxylation is 1. The average Bonchev–Trinajstić information content (AvgIpc) is 3.19. The Balaban J connectivity index is 1.63. The molecule has 2 heterocycles. The van der Waals surface area contributed by atoms with Crippen molar-refractivity contribution in [1.29, 1.82) is 0 Å². The van der Waals surface area contributed by atoms with Crippen LogP contribution in [-0.4, -0.2) is 16.8 Å². The highest BCUT2D eigenvalue weighted by atomic mass is 79.9. The number of hydrogen-bond acceptors (Lipinski definition) is 5. The monoisotopic (exact) mass is 435 g/mol. The summed E-state index contributed by atoms with van der Waals surface area (Å²) in [5.74, 6) is -0.714. The number of halogens is 1. The molecule has 3 rings (SSSR count). The van der Waals surface area contributed by atoms with Gasteiger partial charge in [0.1, 0.15) is 4.88 Å². The maximum Gasteiger partial charge on any atom is 0.281 e. The molecule has 0 fully saturated rings. The highest BCUT2D eigenvalue weighted by Gasteiger charge is 2.17. The molecule has 128 valence electrons. The van der Waals surface area contributed by atoms with E-state index in [1.165, 1.54) is 22.7 Å². The Hall–Kier alpha value is -2.03. The van der Waals surface area contributed by atoms with E-state index in [0.717, 1.165) is 14.4 Å². The minimum atomic E-state index is -0.363. The number of thiazole rings is 1. The van der Waals surface area contributed by atoms with Gasteiger partial charge in [-0.2, -0.15) is 0 Å². The number of aromatic nitrogens is 1. The van der Waals surface area contributed by atoms with E-state index in [2.05, 4.69) is 31.8 Å². The highest BCUT2D eigenvalue weighted by Crippen LogP contribution is 2.22. The van der Waals surface area contributed by atoms with Gasteiger partial charge in [0.05, 0.1) is 19.4 Å². The van der Waals surface area contributed by atoms with Crippen LogP contribution in [-0.2, 0) is 6.42 Å². The second kappa shape index (κ2) is 7.90. The van der Waals surface area contributed by atoms with Crippen LogP contribution in [0.15, 0.2) is 46.3 Å². The number of benzene rings is 1. The lowest BCUT2D eigenvalue weighted by Gasteiger charge is -2.04. The maximum atomic E-state index is 12.3. The Morgan fingerprint density at radius 3 is 2.44 bits per heavy atom. The van der Waals surface area contributed by atoms with Gasteiger partial charge in [-0.15, -0.1) is 22.7 Å². The van der Waals surface area contributed by atoms with Crippen LogP contribution < -0.4 is 10.9 Å². The maximum absolute atomic E-state index is 12.3. The first kappa shape index (κ1) is 17.8. The van der Waals surface area contributed by atoms with Crippen molar-refractivity contribution < 1.29 is 9.59 Å². The Bertz CT molecular complexity index is 906. The molecule has 0 aliphatic rings. The van der Waals surface area contributed by atoms with E-state index in [4.69, 9.17) is 0 Å². The van der Waals surface area contributed by atoms with Gasteiger partial charge in [0.25, 0.3) is 11.8 Å². The topological polar surface area (TPSA) is 71.1 Å². The summed E-state index contributed by atoms with van der Waals surface area (Å²) in [4.78, 5) is 29.8. The van der Waals surface area contributed by atoms with Crippen molar-refractivity contribution in [2.75, 3.05) is 0 Å². The molecule has 0 atom stereocenters. The standard InChI is InChI=1S/C17H14BrN3O2S2/c1-10-15(25-14(19-10)9-11-5-3-2-4-6-11)17(23)21-20-16(22)12-7-8-13(18)24-12/h2-8H,9H2,1H3,(H,20,22)(H,21,23). The Morgan fingerprint density at radius 1 is 1.04 bits per heavy atom. The van der Waals surface area contributed by atoms with Crippen molar-refractivity contribution in [1.82, 2.24) is 15.8 Å². The first-order valence-electron chi connectivity index (χ1n) is 7.39. The van der Waals surface area contributed by atoms with Crippen LogP contribution in [0.1, 0.15) is 35.6 Å². The third kappa shape index (κ3) is 4.53. The number of nitrogens with zero attached hydrogens (tertiary/aromatic N) is 1. The first-order chi connectivity index (χ1) is 12.0. The van der Waals surface area contributed by atoms with Crippen molar-refractivity contribution in [2.24, 2.45) is 0 Å². The third-order valence-corrected chi connectivity index (χ3v) is 6.11. The van der Waals surface area contributed by atoms with Crippen LogP contribution in [0.5, 0.6) is 0 Å². The number of rotatable bonds is 4. The van der Waals surface area contributed by atoms with E-state index >= 15 is 0 Å². The molecular weight excluding hydrogens is 422 g/mol. The van der Waals surface area contributed by atoms with Gasteiger partial charge in [-0.05, 0) is 40.5 Å². The lowest BCUT2D eigenvalue weighted by Crippen LogP contribution is -2.41. The minimum Gasteiger partial charge on any atom is -0.266 e. The van der Waals surface area contributed by atoms with Gasteiger partial charge in [0.2, 0.25) is 0 Å². The molecule has 3 aromatic rings. The molecular formula is C17H14BrN3O2S2. The van der Waals surface area contributed by atoms with Crippen LogP contribution in [0.2, 0.25) is 0 Å². The summed E-state index contributed by atoms with van der Waals surface area (Å²) >= 11 is 5.93. The lowest BCUT2D eigenvalue weighted by molar-refractivity contribution is 0.0850. The second-order valence-electron chi connectivity index (χ2n) is 5.20. The smallest absolute Gasteiger partial charge is 0.266 e. The molecule has 2 N–H and O–H groups in total. The van der Waals surface area contributed by atoms with E-state index in [-0.39, 0.29) is 11.8 Å². The second-order valence-corrected chi connectivity index (χ2v) is 8.74. The molecule has 2 aromatic heterocycles. The van der Waals surface area contributed by atoms with Gasteiger partial charge in [0.15, 0.2) is 0 Å². The summed E-state index contributed by atoms with van der Waals surface area (Å²) in [6, 6.07) is 13.4. The van der Waals surface area contributed by atoms with Gasteiger partial charge in [-0.3, -0.25) is 20.4 Å². The van der Waals surface area contributed by atoms with E-state index in [1.807, 2.05) is 30.3 Å². The predicted molar refractivity (Wildman–Crippen MR) is 103 cm³/mol. The van der Waals surface area contributed by atoms with Crippen molar-refractivity contribution >= 4 is 50.4 Å². The summed E-state index contributed by atoms with van der Waals surface area (Å²) in [6.07, 6.45) is 0.676. The minimum absolute atomic E-state index is 0.351. The zero-order valence-electron chi connectivity index (χ0n) is 13.2. The molecule has 0 aliphatic carbocycles. The Morgan fingerprint density at radius 2 is 1.76 bits per heavy atom. The number of amides is 2. The molecule has 5 nitrogen and oxygen atoms in total. The van der Waals surface area contributed by atoms with Gasteiger partial charge in [0, 0.05) is 6.42 Å². The summed E-state index contributed by atoms with van der Waals surface area (Å²) in [5, 5.41) is 0.863. The third-order valence-electron chi connectivity index (χ3n) is 3.33. The molecule has 0 radical (unpaired) electrons. The lowest BCUT2D eigenvalue weighted by atomic mass is 10.2. The van der Waals surface area contributed by atoms with Gasteiger partial charge >= 0.3 is 0 Å². The van der Waals surface area contributed by atoms with E-state index in [9.17, 15) is 9.59 Å². The summed E-state index contributed by atoms with van der Waals surface area (Å²) in [6.45, 7) is 1.79. The van der Waals surface area contributed by atoms with E-state index in [1.54, 1.807) is 19.1 Å². The number of hydrogen-bond donors (Lipinski definition) is 2. The van der Waals surface area contributed by atoms with Crippen molar-refractivity contribution in [2.45, 2.75) is 13.3 Å². The molecule has 0 saturated heterocycles. The predicted octanol–water partition coefficient (Wildman–Crippen LogP) is 3.94. The number of thiophene rings is 1. The first-order valence-corrected chi connectivity index (χ1v) is 9.82. The molecule has 1 aromatic carbocycles. The van der Waals surface area contributed by atoms with Crippen LogP contribution in [0.4, 0.5) is 0 Å². The molecule has 8 heteroatoms. The molecule has 0 spiro atoms. The number of carbonyl (C=O) groups excluding carboxylic acids is 2. The van der Waals surface area contributed by atoms with E-state index < -0.39 is 0 Å². The molecule has 0 unspecified atom stereocenters. The molecule has 2 amide bonds. The van der Waals surface area contributed by atoms with Gasteiger partial charge < -0.3 is 0 Å². The number of carbonyl (C=O) groups is 2. The van der Waals surface area contributed by atoms with Crippen molar-refractivity contribution in [3.05, 3.63) is 72.3 Å². The van der Waals surface area contributed by atoms with Crippen LogP contribution >= 0.6 is 38.6 Å². The van der Waals surface area contributed by atoms with Crippen LogP contribution in [0, 0.1) is 6.92 Å². The van der Waals surface area contributed by atoms with E-state index in [0.29, 0.717) is 21.9 Å². The summed E-state index contributed by atoms with van der Waals surface area (Å²) < 4.78 is 0.854. The number of nitrogens with one attached hydrogen (secondary N) is 2. The van der Waals surface area contributed by atoms with Crippen molar-refractivity contribution in [3.63, 3.8) is 0 Å². The average molecular weight is 436 g/mol. The normalized spacial score (nSPS) is 10.5. The largest absolute Gasteiger partial charge is 0.281 e. The Labute approximate surface area is 161 Å². The fourth-order valence-corrected chi connectivity index (χ4v) is 4.45. The highest BCUT2D eigenvalue weighted by molar-refractivity contribution is 9.11. The van der Waals surface area contributed by atoms with Gasteiger partial charge in [-0.1, -0.05) is 30.3 Å². The van der Waals surface area contributed by atoms with Crippen molar-refractivity contribution in [3.8, 4) is 0 Å². The summed E-state index contributed by atoms with van der Waals surface area (Å²) in [5.41, 5.74) is 6.67. The fraction of sp³-hybridized carbons (Fsp3) is 0.118. The molecule has 0 aliphatic heterocycles. The summed E-state index contributed by atoms with van der Waals surface area (Å²) in [7, 11) is 0. The quantitative estimate of drug-likeness (QED) is 0.609. The zero-order valence-corrected chi connectivity index (χ0v) is 16.4. The Kier molecular flexibility index (Phi) is 5.62. The van der Waals surface area contributed by atoms with Gasteiger partial charge in [-0.25, -0.2) is 4.98 Å². The zero-order chi connectivity index (χ0) is 17.8. The molecule has 0 bridgehead atoms. The molecule has 25 heavy (non-hydrogen) atoms. The number of hydrazine groups is 1. The fourth-order valence-electron chi connectivity index (χ4n) is 2.18. The molecule has 0 saturated carbocycles. The van der Waals surface area contributed by atoms with Crippen LogP contribution in [0.3, 0.4) is 0 Å². The SMILES string of the molecule is Cc1nc(Cc2ccccc2)sc1C(=O)NNC(=O)c1ccc(Br)s1. The van der Waals surface area contributed by atoms with Crippen LogP contribution in [0.25, 0.3) is 0 Å².